The lowest BCUT2D eigenvalue weighted by atomic mass is 10.1. The lowest BCUT2D eigenvalue weighted by molar-refractivity contribution is -2.00. The van der Waals surface area contributed by atoms with Crippen molar-refractivity contribution in [1.82, 2.24) is 0 Å². The number of hydrogen-bond donors (Lipinski definition) is 0. The van der Waals surface area contributed by atoms with Crippen LogP contribution in [-0.2, 0) is 6.54 Å². The molecule has 1 aliphatic heterocycles. The van der Waals surface area contributed by atoms with Crippen LogP contribution in [0.25, 0.3) is 17.0 Å². The fourth-order valence-corrected chi connectivity index (χ4v) is 4.84. The van der Waals surface area contributed by atoms with E-state index in [1.165, 1.54) is 37.7 Å². The Morgan fingerprint density at radius 1 is 1.00 bits per heavy atom. The number of fused-ring (bicyclic) bond motifs is 2. The molecular formula is C26H27ClN2O4S. The zero-order valence-corrected chi connectivity index (χ0v) is 20.9. The maximum absolute atomic E-state index is 8.49. The average Bonchev–Trinajstić information content (AvgIpc) is 3.17. The number of benzene rings is 2. The van der Waals surface area contributed by atoms with Crippen LogP contribution >= 0.6 is 11.8 Å². The number of anilines is 1. The van der Waals surface area contributed by atoms with Gasteiger partial charge in [-0.3, -0.25) is 0 Å². The van der Waals surface area contributed by atoms with E-state index in [2.05, 4.69) is 115 Å². The summed E-state index contributed by atoms with van der Waals surface area (Å²) in [4.78, 5) is 3.71. The Morgan fingerprint density at radius 3 is 2.38 bits per heavy atom. The summed E-state index contributed by atoms with van der Waals surface area (Å²) < 4.78 is 36.3. The van der Waals surface area contributed by atoms with Crippen molar-refractivity contribution in [1.29, 1.82) is 0 Å². The highest BCUT2D eigenvalue weighted by Gasteiger charge is 2.22. The SMILES string of the molecule is CCN1\C(=C/C=C(C)/C=C/c2cc[n+](CC)c3ccccc23)Sc2ccccc21.[O-][Cl+3]([O-])([O-])[O-]. The molecule has 178 valence electrons. The molecule has 34 heavy (non-hydrogen) atoms. The molecule has 1 aliphatic rings. The first-order chi connectivity index (χ1) is 16.2. The van der Waals surface area contributed by atoms with Crippen LogP contribution in [0.3, 0.4) is 0 Å². The highest BCUT2D eigenvalue weighted by Crippen LogP contribution is 2.45. The molecule has 1 aromatic heterocycles. The number of pyridine rings is 1. The highest BCUT2D eigenvalue weighted by atomic mass is 35.7. The third-order valence-corrected chi connectivity index (χ3v) is 6.40. The van der Waals surface area contributed by atoms with Gasteiger partial charge in [-0.1, -0.05) is 59.8 Å². The molecular weight excluding hydrogens is 472 g/mol. The average molecular weight is 499 g/mol. The van der Waals surface area contributed by atoms with E-state index in [0.29, 0.717) is 0 Å². The number of rotatable bonds is 5. The number of halogens is 1. The summed E-state index contributed by atoms with van der Waals surface area (Å²) in [6.45, 7) is 8.50. The molecule has 0 unspecified atom stereocenters. The van der Waals surface area contributed by atoms with Crippen LogP contribution in [0.2, 0.25) is 0 Å². The zero-order chi connectivity index (χ0) is 24.7. The molecule has 0 bridgehead atoms. The van der Waals surface area contributed by atoms with Crippen LogP contribution < -0.4 is 28.1 Å². The predicted octanol–water partition coefficient (Wildman–Crippen LogP) is 1.82. The summed E-state index contributed by atoms with van der Waals surface area (Å²) in [5, 5.41) is 2.58. The summed E-state index contributed by atoms with van der Waals surface area (Å²) >= 11 is 1.85. The molecule has 0 radical (unpaired) electrons. The maximum atomic E-state index is 8.49. The minimum absolute atomic E-state index is 0.977. The van der Waals surface area contributed by atoms with Gasteiger partial charge in [0.25, 0.3) is 0 Å². The minimum Gasteiger partial charge on any atom is -0.335 e. The second-order valence-corrected chi connectivity index (χ2v) is 9.33. The van der Waals surface area contributed by atoms with Crippen LogP contribution in [0.15, 0.2) is 94.5 Å². The second kappa shape index (κ2) is 11.7. The number of nitrogens with zero attached hydrogens (tertiary/aromatic N) is 2. The first kappa shape index (κ1) is 26.0. The fourth-order valence-electron chi connectivity index (χ4n) is 3.71. The Hall–Kier alpha value is -2.65. The van der Waals surface area contributed by atoms with Crippen LogP contribution in [0, 0.1) is 10.2 Å². The molecule has 0 fully saturated rings. The number of hydrogen-bond acceptors (Lipinski definition) is 6. The summed E-state index contributed by atoms with van der Waals surface area (Å²) in [6, 6.07) is 19.4. The van der Waals surface area contributed by atoms with Gasteiger partial charge in [-0.15, -0.1) is 10.2 Å². The van der Waals surface area contributed by atoms with Crippen molar-refractivity contribution in [3.05, 3.63) is 95.2 Å². The van der Waals surface area contributed by atoms with E-state index in [4.69, 9.17) is 18.6 Å². The Kier molecular flexibility index (Phi) is 8.90. The smallest absolute Gasteiger partial charge is 0.213 e. The van der Waals surface area contributed by atoms with Gasteiger partial charge in [0, 0.05) is 23.6 Å². The standard InChI is InChI=1S/C26H27N2S.ClHO4/c1-4-27-19-18-21(22-10-6-7-11-23(22)27)16-14-20(3)15-17-26-28(5-2)24-12-8-9-13-25(24)29-26;2-1(3,4)5/h6-19H,4-5H2,1-3H3;(H,2,3,4,5)/q+1;/p-1. The van der Waals surface area contributed by atoms with E-state index >= 15 is 0 Å². The van der Waals surface area contributed by atoms with E-state index in [9.17, 15) is 0 Å². The maximum Gasteiger partial charge on any atom is 0.213 e. The molecule has 4 rings (SSSR count). The third kappa shape index (κ3) is 6.93. The number of thioether (sulfide) groups is 1. The Bertz CT molecular complexity index is 1230. The van der Waals surface area contributed by atoms with Crippen molar-refractivity contribution in [3.63, 3.8) is 0 Å². The fraction of sp³-hybridized carbons (Fsp3) is 0.192. The van der Waals surface area contributed by atoms with E-state index < -0.39 is 10.2 Å². The van der Waals surface area contributed by atoms with Gasteiger partial charge in [0.2, 0.25) is 5.52 Å². The van der Waals surface area contributed by atoms with Gasteiger partial charge >= 0.3 is 0 Å². The lowest BCUT2D eigenvalue weighted by Gasteiger charge is -2.17. The minimum atomic E-state index is -4.94. The molecule has 6 nitrogen and oxygen atoms in total. The molecule has 2 aromatic carbocycles. The monoisotopic (exact) mass is 498 g/mol. The lowest BCUT2D eigenvalue weighted by Crippen LogP contribution is -2.68. The van der Waals surface area contributed by atoms with E-state index in [1.807, 2.05) is 11.8 Å². The van der Waals surface area contributed by atoms with Crippen molar-refractivity contribution < 1.29 is 33.4 Å². The van der Waals surface area contributed by atoms with Crippen molar-refractivity contribution in [2.75, 3.05) is 11.4 Å². The molecule has 0 N–H and O–H groups in total. The molecule has 0 aliphatic carbocycles. The van der Waals surface area contributed by atoms with Crippen molar-refractivity contribution >= 4 is 34.4 Å². The number of aryl methyl sites for hydroxylation is 1. The van der Waals surface area contributed by atoms with Gasteiger partial charge in [0.15, 0.2) is 6.20 Å². The summed E-state index contributed by atoms with van der Waals surface area (Å²) in [6.07, 6.45) is 11.1. The van der Waals surface area contributed by atoms with E-state index in [-0.39, 0.29) is 0 Å². The topological polar surface area (TPSA) is 99.4 Å². The largest absolute Gasteiger partial charge is 0.335 e. The van der Waals surface area contributed by atoms with Gasteiger partial charge in [0.05, 0.1) is 16.1 Å². The normalized spacial score (nSPS) is 15.1. The van der Waals surface area contributed by atoms with Crippen molar-refractivity contribution in [2.24, 2.45) is 0 Å². The second-order valence-electron chi connectivity index (χ2n) is 7.52. The van der Waals surface area contributed by atoms with Gasteiger partial charge in [-0.25, -0.2) is 18.6 Å². The van der Waals surface area contributed by atoms with Crippen LogP contribution in [0.5, 0.6) is 0 Å². The first-order valence-corrected chi connectivity index (χ1v) is 12.9. The Balaban J connectivity index is 0.000000588. The third-order valence-electron chi connectivity index (χ3n) is 5.27. The summed E-state index contributed by atoms with van der Waals surface area (Å²) in [5.74, 6) is 0. The highest BCUT2D eigenvalue weighted by molar-refractivity contribution is 8.03. The van der Waals surface area contributed by atoms with Crippen LogP contribution in [-0.4, -0.2) is 6.54 Å². The number of para-hydroxylation sites is 2. The quantitative estimate of drug-likeness (QED) is 0.393. The van der Waals surface area contributed by atoms with Gasteiger partial charge < -0.3 is 4.90 Å². The molecule has 0 amide bonds. The Morgan fingerprint density at radius 2 is 1.68 bits per heavy atom. The molecule has 0 saturated carbocycles. The van der Waals surface area contributed by atoms with Crippen LogP contribution in [0.1, 0.15) is 26.3 Å². The molecule has 8 heteroatoms. The first-order valence-electron chi connectivity index (χ1n) is 10.8. The zero-order valence-electron chi connectivity index (χ0n) is 19.3. The van der Waals surface area contributed by atoms with E-state index in [1.54, 1.807) is 0 Å². The van der Waals surface area contributed by atoms with Gasteiger partial charge in [-0.05, 0) is 50.6 Å². The molecule has 0 spiro atoms. The molecule has 3 aromatic rings. The van der Waals surface area contributed by atoms with Crippen molar-refractivity contribution in [2.45, 2.75) is 32.2 Å². The van der Waals surface area contributed by atoms with E-state index in [0.717, 1.165) is 13.1 Å². The number of aromatic nitrogens is 1. The van der Waals surface area contributed by atoms with Gasteiger partial charge in [0.1, 0.15) is 6.54 Å². The summed E-state index contributed by atoms with van der Waals surface area (Å²) in [5.41, 5.74) is 5.08. The predicted molar refractivity (Wildman–Crippen MR) is 126 cm³/mol. The van der Waals surface area contributed by atoms with Gasteiger partial charge in [-0.2, -0.15) is 4.57 Å². The molecule has 0 atom stereocenters. The number of allylic oxidation sites excluding steroid dienone is 4. The molecule has 2 heterocycles. The van der Waals surface area contributed by atoms with Crippen LogP contribution in [0.4, 0.5) is 5.69 Å². The summed E-state index contributed by atoms with van der Waals surface area (Å²) in [7, 11) is -4.94. The van der Waals surface area contributed by atoms with Crippen molar-refractivity contribution in [3.8, 4) is 0 Å². The molecule has 0 saturated heterocycles. The Labute approximate surface area is 206 Å².